The second-order valence-corrected chi connectivity index (χ2v) is 4.30. The van der Waals surface area contributed by atoms with E-state index in [0.29, 0.717) is 6.54 Å². The van der Waals surface area contributed by atoms with Crippen LogP contribution in [0.1, 0.15) is 25.5 Å². The second-order valence-electron chi connectivity index (χ2n) is 4.30. The zero-order chi connectivity index (χ0) is 12.4. The zero-order valence-corrected chi connectivity index (χ0v) is 9.88. The third kappa shape index (κ3) is 2.27. The van der Waals surface area contributed by atoms with E-state index >= 15 is 0 Å². The summed E-state index contributed by atoms with van der Waals surface area (Å²) in [6.45, 7) is 4.21. The minimum absolute atomic E-state index is 0.0615. The van der Waals surface area contributed by atoms with Crippen molar-refractivity contribution in [1.82, 2.24) is 15.2 Å². The minimum atomic E-state index is -0.322. The van der Waals surface area contributed by atoms with Crippen molar-refractivity contribution >= 4 is 11.9 Å². The summed E-state index contributed by atoms with van der Waals surface area (Å²) in [6, 6.07) is 3.36. The first-order chi connectivity index (χ1) is 8.09. The quantitative estimate of drug-likeness (QED) is 0.838. The number of imide groups is 1. The van der Waals surface area contributed by atoms with Crippen LogP contribution in [0.2, 0.25) is 0 Å². The maximum atomic E-state index is 11.7. The molecule has 5 nitrogen and oxygen atoms in total. The number of carbonyl (C=O) groups is 2. The molecule has 1 aliphatic rings. The Hall–Kier alpha value is -1.91. The van der Waals surface area contributed by atoms with E-state index in [1.54, 1.807) is 17.3 Å². The van der Waals surface area contributed by atoms with Crippen molar-refractivity contribution in [2.24, 2.45) is 5.92 Å². The molecule has 1 aliphatic heterocycles. The van der Waals surface area contributed by atoms with Gasteiger partial charge in [-0.2, -0.15) is 0 Å². The van der Waals surface area contributed by atoms with Crippen molar-refractivity contribution in [3.8, 4) is 0 Å². The van der Waals surface area contributed by atoms with Crippen LogP contribution < -0.4 is 5.32 Å². The smallest absolute Gasteiger partial charge is 0.317 e. The number of nitrogens with zero attached hydrogens (tertiary/aromatic N) is 2. The number of hydrogen-bond donors (Lipinski definition) is 1. The van der Waals surface area contributed by atoms with Crippen molar-refractivity contribution < 1.29 is 9.59 Å². The first kappa shape index (κ1) is 11.6. The van der Waals surface area contributed by atoms with Crippen LogP contribution in [-0.2, 0) is 4.79 Å². The average molecular weight is 233 g/mol. The van der Waals surface area contributed by atoms with Crippen molar-refractivity contribution in [2.75, 3.05) is 6.54 Å². The number of urea groups is 1. The maximum Gasteiger partial charge on any atom is 0.324 e. The molecule has 0 bridgehead atoms. The molecule has 17 heavy (non-hydrogen) atoms. The van der Waals surface area contributed by atoms with E-state index in [9.17, 15) is 9.59 Å². The van der Waals surface area contributed by atoms with Crippen LogP contribution in [-0.4, -0.2) is 28.4 Å². The van der Waals surface area contributed by atoms with Crippen molar-refractivity contribution in [2.45, 2.75) is 19.9 Å². The molecular weight excluding hydrogens is 218 g/mol. The summed E-state index contributed by atoms with van der Waals surface area (Å²) in [5.41, 5.74) is 1.01. The Morgan fingerprint density at radius 2 is 2.06 bits per heavy atom. The van der Waals surface area contributed by atoms with Crippen LogP contribution >= 0.6 is 0 Å². The van der Waals surface area contributed by atoms with E-state index in [0.717, 1.165) is 5.56 Å². The van der Waals surface area contributed by atoms with Crippen LogP contribution in [0, 0.1) is 5.92 Å². The van der Waals surface area contributed by atoms with Gasteiger partial charge in [-0.05, 0) is 24.6 Å². The predicted molar refractivity (Wildman–Crippen MR) is 62.1 cm³/mol. The van der Waals surface area contributed by atoms with Crippen LogP contribution in [0.3, 0.4) is 0 Å². The highest BCUT2D eigenvalue weighted by Gasteiger charge is 2.32. The number of aromatic nitrogens is 1. The van der Waals surface area contributed by atoms with Gasteiger partial charge in [0.25, 0.3) is 0 Å². The third-order valence-corrected chi connectivity index (χ3v) is 3.07. The molecular formula is C12H15N3O2. The molecule has 2 rings (SSSR count). The molecule has 0 aromatic carbocycles. The Balaban J connectivity index is 2.17. The monoisotopic (exact) mass is 233 g/mol. The van der Waals surface area contributed by atoms with Gasteiger partial charge in [-0.3, -0.25) is 15.1 Å². The van der Waals surface area contributed by atoms with Gasteiger partial charge < -0.3 is 4.90 Å². The van der Waals surface area contributed by atoms with Gasteiger partial charge in [0.05, 0.1) is 12.0 Å². The second kappa shape index (κ2) is 4.53. The van der Waals surface area contributed by atoms with E-state index in [-0.39, 0.29) is 23.9 Å². The lowest BCUT2D eigenvalue weighted by molar-refractivity contribution is -0.125. The Kier molecular flexibility index (Phi) is 3.08. The van der Waals surface area contributed by atoms with Crippen LogP contribution in [0.15, 0.2) is 24.5 Å². The van der Waals surface area contributed by atoms with Crippen LogP contribution in [0.25, 0.3) is 0 Å². The lowest BCUT2D eigenvalue weighted by Gasteiger charge is -2.35. The fraction of sp³-hybridized carbons (Fsp3) is 0.417. The largest absolute Gasteiger partial charge is 0.324 e. The molecule has 0 aliphatic carbocycles. The Bertz CT molecular complexity index is 433. The number of nitrogens with one attached hydrogen (secondary N) is 1. The Labute approximate surface area is 99.8 Å². The lowest BCUT2D eigenvalue weighted by Crippen LogP contribution is -2.54. The van der Waals surface area contributed by atoms with Gasteiger partial charge in [0.2, 0.25) is 5.91 Å². The first-order valence-corrected chi connectivity index (χ1v) is 5.61. The molecule has 1 aromatic heterocycles. The van der Waals surface area contributed by atoms with E-state index in [2.05, 4.69) is 10.3 Å². The number of carbonyl (C=O) groups excluding carboxylic acids is 2. The van der Waals surface area contributed by atoms with Gasteiger partial charge >= 0.3 is 6.03 Å². The van der Waals surface area contributed by atoms with Gasteiger partial charge in [0.15, 0.2) is 0 Å². The van der Waals surface area contributed by atoms with Crippen LogP contribution in [0.5, 0.6) is 0 Å². The summed E-state index contributed by atoms with van der Waals surface area (Å²) in [4.78, 5) is 28.7. The molecule has 90 valence electrons. The van der Waals surface area contributed by atoms with Gasteiger partial charge in [0, 0.05) is 18.9 Å². The molecule has 2 atom stereocenters. The topological polar surface area (TPSA) is 62.3 Å². The zero-order valence-electron chi connectivity index (χ0n) is 9.88. The van der Waals surface area contributed by atoms with E-state index in [4.69, 9.17) is 0 Å². The summed E-state index contributed by atoms with van der Waals surface area (Å²) < 4.78 is 0. The standard InChI is InChI=1S/C12H15N3O2/c1-8-7-15(12(17)14-11(8)16)9(2)10-3-5-13-6-4-10/h3-6,8-9H,7H2,1-2H3,(H,14,16,17). The van der Waals surface area contributed by atoms with Crippen molar-refractivity contribution in [3.63, 3.8) is 0 Å². The number of hydrogen-bond acceptors (Lipinski definition) is 3. The molecule has 1 fully saturated rings. The summed E-state index contributed by atoms with van der Waals surface area (Å²) >= 11 is 0. The van der Waals surface area contributed by atoms with Gasteiger partial charge in [-0.15, -0.1) is 0 Å². The minimum Gasteiger partial charge on any atom is -0.317 e. The molecule has 0 saturated carbocycles. The predicted octanol–water partition coefficient (Wildman–Crippen LogP) is 1.33. The first-order valence-electron chi connectivity index (χ1n) is 5.61. The van der Waals surface area contributed by atoms with E-state index in [1.165, 1.54) is 0 Å². The molecule has 1 aromatic rings. The molecule has 1 N–H and O–H groups in total. The highest BCUT2D eigenvalue weighted by molar-refractivity contribution is 5.97. The van der Waals surface area contributed by atoms with Gasteiger partial charge in [-0.1, -0.05) is 6.92 Å². The van der Waals surface area contributed by atoms with Gasteiger partial charge in [0.1, 0.15) is 0 Å². The Morgan fingerprint density at radius 3 is 2.71 bits per heavy atom. The number of rotatable bonds is 2. The van der Waals surface area contributed by atoms with Crippen LogP contribution in [0.4, 0.5) is 4.79 Å². The molecule has 2 unspecified atom stereocenters. The normalized spacial score (nSPS) is 22.2. The molecule has 2 heterocycles. The summed E-state index contributed by atoms with van der Waals surface area (Å²) in [6.07, 6.45) is 3.39. The van der Waals surface area contributed by atoms with Crippen molar-refractivity contribution in [3.05, 3.63) is 30.1 Å². The van der Waals surface area contributed by atoms with E-state index in [1.807, 2.05) is 26.0 Å². The molecule has 0 spiro atoms. The molecule has 1 saturated heterocycles. The lowest BCUT2D eigenvalue weighted by atomic mass is 10.0. The number of pyridine rings is 1. The summed E-state index contributed by atoms with van der Waals surface area (Å²) in [5, 5.41) is 2.36. The number of amides is 3. The maximum absolute atomic E-state index is 11.7. The average Bonchev–Trinajstić information content (AvgIpc) is 2.34. The highest BCUT2D eigenvalue weighted by atomic mass is 16.2. The SMILES string of the molecule is CC1CN(C(C)c2ccncc2)C(=O)NC1=O. The molecule has 5 heteroatoms. The summed E-state index contributed by atoms with van der Waals surface area (Å²) in [7, 11) is 0. The van der Waals surface area contributed by atoms with E-state index < -0.39 is 0 Å². The fourth-order valence-electron chi connectivity index (χ4n) is 1.92. The fourth-order valence-corrected chi connectivity index (χ4v) is 1.92. The Morgan fingerprint density at radius 1 is 1.41 bits per heavy atom. The van der Waals surface area contributed by atoms with Gasteiger partial charge in [-0.25, -0.2) is 4.79 Å². The highest BCUT2D eigenvalue weighted by Crippen LogP contribution is 2.22. The van der Waals surface area contributed by atoms with Crippen molar-refractivity contribution in [1.29, 1.82) is 0 Å². The third-order valence-electron chi connectivity index (χ3n) is 3.07. The molecule has 3 amide bonds. The summed E-state index contributed by atoms with van der Waals surface area (Å²) in [5.74, 6) is -0.370. The molecule has 0 radical (unpaired) electrons.